The second kappa shape index (κ2) is 8.33. The molecule has 2 aromatic rings. The van der Waals surface area contributed by atoms with Crippen molar-refractivity contribution in [2.24, 2.45) is 0 Å². The second-order valence-corrected chi connectivity index (χ2v) is 7.07. The fraction of sp³-hybridized carbons (Fsp3) is 0.318. The summed E-state index contributed by atoms with van der Waals surface area (Å²) in [7, 11) is 0. The van der Waals surface area contributed by atoms with Crippen LogP contribution in [0.5, 0.6) is 0 Å². The average Bonchev–Trinajstić information content (AvgIpc) is 2.68. The molecular formula is C22H23FN2O3. The molecule has 3 rings (SSSR count). The Hall–Kier alpha value is -3.02. The van der Waals surface area contributed by atoms with Gasteiger partial charge in [-0.3, -0.25) is 19.7 Å². The van der Waals surface area contributed by atoms with Crippen molar-refractivity contribution in [3.63, 3.8) is 0 Å². The normalized spacial score (nSPS) is 19.2. The van der Waals surface area contributed by atoms with Gasteiger partial charge in [0, 0.05) is 18.5 Å². The molecule has 0 saturated carbocycles. The van der Waals surface area contributed by atoms with Crippen LogP contribution < -0.4 is 10.6 Å². The molecule has 3 amide bonds. The SMILES string of the molecule is CCC1(c2ccc(NC(=O)CCc3cccc(F)c3)cc2)CCC(=O)NC1=O. The lowest BCUT2D eigenvalue weighted by atomic mass is 9.72. The first-order valence-corrected chi connectivity index (χ1v) is 9.42. The molecule has 0 bridgehead atoms. The van der Waals surface area contributed by atoms with Crippen LogP contribution in [0.3, 0.4) is 0 Å². The Morgan fingerprint density at radius 1 is 1.18 bits per heavy atom. The van der Waals surface area contributed by atoms with Crippen LogP contribution >= 0.6 is 0 Å². The fourth-order valence-electron chi connectivity index (χ4n) is 3.61. The second-order valence-electron chi connectivity index (χ2n) is 7.07. The molecule has 1 aliphatic heterocycles. The maximum Gasteiger partial charge on any atom is 0.237 e. The molecule has 2 N–H and O–H groups in total. The molecule has 1 fully saturated rings. The Labute approximate surface area is 163 Å². The summed E-state index contributed by atoms with van der Waals surface area (Å²) >= 11 is 0. The van der Waals surface area contributed by atoms with Gasteiger partial charge < -0.3 is 5.32 Å². The Morgan fingerprint density at radius 2 is 1.93 bits per heavy atom. The van der Waals surface area contributed by atoms with Crippen LogP contribution in [-0.4, -0.2) is 17.7 Å². The predicted molar refractivity (Wildman–Crippen MR) is 104 cm³/mol. The zero-order valence-corrected chi connectivity index (χ0v) is 15.8. The summed E-state index contributed by atoms with van der Waals surface area (Å²) in [6.45, 7) is 1.93. The van der Waals surface area contributed by atoms with E-state index < -0.39 is 5.41 Å². The summed E-state index contributed by atoms with van der Waals surface area (Å²) in [5.74, 6) is -0.982. The highest BCUT2D eigenvalue weighted by Gasteiger charge is 2.42. The largest absolute Gasteiger partial charge is 0.326 e. The smallest absolute Gasteiger partial charge is 0.237 e. The minimum Gasteiger partial charge on any atom is -0.326 e. The lowest BCUT2D eigenvalue weighted by Gasteiger charge is -2.35. The van der Waals surface area contributed by atoms with E-state index in [1.807, 2.05) is 19.1 Å². The van der Waals surface area contributed by atoms with Crippen molar-refractivity contribution in [3.8, 4) is 0 Å². The number of hydrogen-bond acceptors (Lipinski definition) is 3. The third-order valence-electron chi connectivity index (χ3n) is 5.32. The van der Waals surface area contributed by atoms with Crippen LogP contribution in [0.4, 0.5) is 10.1 Å². The number of carbonyl (C=O) groups is 3. The Kier molecular flexibility index (Phi) is 5.87. The van der Waals surface area contributed by atoms with Gasteiger partial charge in [0.1, 0.15) is 5.82 Å². The van der Waals surface area contributed by atoms with Crippen LogP contribution in [0.2, 0.25) is 0 Å². The summed E-state index contributed by atoms with van der Waals surface area (Å²) in [5.41, 5.74) is 1.52. The van der Waals surface area contributed by atoms with Crippen LogP contribution in [0.1, 0.15) is 43.7 Å². The number of hydrogen-bond donors (Lipinski definition) is 2. The van der Waals surface area contributed by atoms with Crippen LogP contribution in [0.25, 0.3) is 0 Å². The number of carbonyl (C=O) groups excluding carboxylic acids is 3. The third kappa shape index (κ3) is 4.27. The van der Waals surface area contributed by atoms with E-state index >= 15 is 0 Å². The monoisotopic (exact) mass is 382 g/mol. The minimum atomic E-state index is -0.714. The van der Waals surface area contributed by atoms with Crippen LogP contribution in [0.15, 0.2) is 48.5 Å². The number of amides is 3. The van der Waals surface area contributed by atoms with Crippen molar-refractivity contribution in [2.45, 2.75) is 44.4 Å². The molecule has 1 saturated heterocycles. The highest BCUT2D eigenvalue weighted by molar-refractivity contribution is 6.03. The topological polar surface area (TPSA) is 75.3 Å². The summed E-state index contributed by atoms with van der Waals surface area (Å²) in [6, 6.07) is 13.4. The Bertz CT molecular complexity index is 895. The number of aryl methyl sites for hydroxylation is 1. The summed E-state index contributed by atoms with van der Waals surface area (Å²) < 4.78 is 13.2. The highest BCUT2D eigenvalue weighted by Crippen LogP contribution is 2.36. The standard InChI is InChI=1S/C22H23FN2O3/c1-2-22(13-12-20(27)25-21(22)28)16-7-9-18(10-8-16)24-19(26)11-6-15-4-3-5-17(23)14-15/h3-5,7-10,14H,2,6,11-13H2,1H3,(H,24,26)(H,25,27,28). The van der Waals surface area contributed by atoms with E-state index in [9.17, 15) is 18.8 Å². The van der Waals surface area contributed by atoms with Gasteiger partial charge in [0.2, 0.25) is 17.7 Å². The van der Waals surface area contributed by atoms with E-state index in [1.165, 1.54) is 12.1 Å². The molecule has 28 heavy (non-hydrogen) atoms. The third-order valence-corrected chi connectivity index (χ3v) is 5.32. The van der Waals surface area contributed by atoms with Crippen molar-refractivity contribution in [3.05, 3.63) is 65.5 Å². The molecular weight excluding hydrogens is 359 g/mol. The number of imide groups is 1. The Morgan fingerprint density at radius 3 is 2.57 bits per heavy atom. The predicted octanol–water partition coefficient (Wildman–Crippen LogP) is 3.48. The van der Waals surface area contributed by atoms with E-state index in [2.05, 4.69) is 10.6 Å². The molecule has 1 aliphatic rings. The van der Waals surface area contributed by atoms with Crippen molar-refractivity contribution in [1.29, 1.82) is 0 Å². The summed E-state index contributed by atoms with van der Waals surface area (Å²) in [5, 5.41) is 5.25. The lowest BCUT2D eigenvalue weighted by molar-refractivity contribution is -0.138. The molecule has 0 radical (unpaired) electrons. The first kappa shape index (κ1) is 19.7. The molecule has 2 aromatic carbocycles. The first-order valence-electron chi connectivity index (χ1n) is 9.42. The maximum atomic E-state index is 13.2. The van der Waals surface area contributed by atoms with E-state index in [1.54, 1.807) is 24.3 Å². The van der Waals surface area contributed by atoms with E-state index in [0.717, 1.165) is 11.1 Å². The van der Waals surface area contributed by atoms with Gasteiger partial charge in [-0.05, 0) is 54.7 Å². The van der Waals surface area contributed by atoms with E-state index in [4.69, 9.17) is 0 Å². The number of anilines is 1. The van der Waals surface area contributed by atoms with Crippen molar-refractivity contribution < 1.29 is 18.8 Å². The Balaban J connectivity index is 1.63. The number of piperidine rings is 1. The molecule has 0 aromatic heterocycles. The van der Waals surface area contributed by atoms with Gasteiger partial charge in [0.05, 0.1) is 5.41 Å². The van der Waals surface area contributed by atoms with Gasteiger partial charge in [-0.1, -0.05) is 31.2 Å². The zero-order valence-electron chi connectivity index (χ0n) is 15.8. The summed E-state index contributed by atoms with van der Waals surface area (Å²) in [4.78, 5) is 36.1. The molecule has 6 heteroatoms. The number of benzene rings is 2. The molecule has 0 spiro atoms. The molecule has 1 heterocycles. The van der Waals surface area contributed by atoms with Crippen LogP contribution in [0, 0.1) is 5.82 Å². The summed E-state index contributed by atoms with van der Waals surface area (Å²) in [6.07, 6.45) is 2.08. The number of rotatable bonds is 6. The highest BCUT2D eigenvalue weighted by atomic mass is 19.1. The van der Waals surface area contributed by atoms with Gasteiger partial charge in [-0.15, -0.1) is 0 Å². The number of halogens is 1. The molecule has 146 valence electrons. The lowest BCUT2D eigenvalue weighted by Crippen LogP contribution is -2.51. The van der Waals surface area contributed by atoms with Gasteiger partial charge in [-0.2, -0.15) is 0 Å². The van der Waals surface area contributed by atoms with Crippen molar-refractivity contribution >= 4 is 23.4 Å². The van der Waals surface area contributed by atoms with Gasteiger partial charge >= 0.3 is 0 Å². The zero-order chi connectivity index (χ0) is 20.1. The maximum absolute atomic E-state index is 13.2. The number of nitrogens with one attached hydrogen (secondary N) is 2. The molecule has 0 aliphatic carbocycles. The van der Waals surface area contributed by atoms with E-state index in [-0.39, 0.29) is 30.0 Å². The van der Waals surface area contributed by atoms with Crippen molar-refractivity contribution in [2.75, 3.05) is 5.32 Å². The van der Waals surface area contributed by atoms with Crippen LogP contribution in [-0.2, 0) is 26.2 Å². The quantitative estimate of drug-likeness (QED) is 0.751. The van der Waals surface area contributed by atoms with Gasteiger partial charge in [0.25, 0.3) is 0 Å². The molecule has 1 unspecified atom stereocenters. The average molecular weight is 382 g/mol. The molecule has 5 nitrogen and oxygen atoms in total. The fourth-order valence-corrected chi connectivity index (χ4v) is 3.61. The van der Waals surface area contributed by atoms with Gasteiger partial charge in [0.15, 0.2) is 0 Å². The molecule has 1 atom stereocenters. The minimum absolute atomic E-state index is 0.164. The van der Waals surface area contributed by atoms with E-state index in [0.29, 0.717) is 31.4 Å². The first-order chi connectivity index (χ1) is 13.4. The van der Waals surface area contributed by atoms with Crippen molar-refractivity contribution in [1.82, 2.24) is 5.32 Å². The van der Waals surface area contributed by atoms with Gasteiger partial charge in [-0.25, -0.2) is 4.39 Å².